The topological polar surface area (TPSA) is 32.7 Å². The molecule has 3 rings (SSSR count). The van der Waals surface area contributed by atoms with Gasteiger partial charge >= 0.3 is 0 Å². The number of ether oxygens (including phenoxy) is 1. The van der Waals surface area contributed by atoms with Crippen molar-refractivity contribution in [3.63, 3.8) is 0 Å². The molecule has 1 aliphatic rings. The van der Waals surface area contributed by atoms with Gasteiger partial charge in [-0.3, -0.25) is 4.90 Å². The predicted octanol–water partition coefficient (Wildman–Crippen LogP) is 2.92. The van der Waals surface area contributed by atoms with E-state index in [-0.39, 0.29) is 6.10 Å². The monoisotopic (exact) mass is 285 g/mol. The van der Waals surface area contributed by atoms with Crippen molar-refractivity contribution in [1.82, 2.24) is 4.90 Å². The van der Waals surface area contributed by atoms with E-state index in [1.165, 1.54) is 10.8 Å². The van der Waals surface area contributed by atoms with Crippen molar-refractivity contribution in [2.45, 2.75) is 19.4 Å². The first-order valence-electron chi connectivity index (χ1n) is 7.74. The maximum absolute atomic E-state index is 9.62. The summed E-state index contributed by atoms with van der Waals surface area (Å²) < 4.78 is 5.87. The minimum absolute atomic E-state index is 0.198. The first-order chi connectivity index (χ1) is 10.2. The molecule has 0 amide bonds. The fourth-order valence-corrected chi connectivity index (χ4v) is 3.01. The van der Waals surface area contributed by atoms with E-state index in [4.69, 9.17) is 4.74 Å². The molecular weight excluding hydrogens is 262 g/mol. The third kappa shape index (κ3) is 3.55. The van der Waals surface area contributed by atoms with Gasteiger partial charge in [0.2, 0.25) is 0 Å². The number of likely N-dealkylation sites (tertiary alicyclic amines) is 1. The molecule has 0 aromatic heterocycles. The number of fused-ring (bicyclic) bond motifs is 1. The van der Waals surface area contributed by atoms with Crippen LogP contribution in [0.25, 0.3) is 10.8 Å². The summed E-state index contributed by atoms with van der Waals surface area (Å²) in [6, 6.07) is 14.5. The molecule has 21 heavy (non-hydrogen) atoms. The summed E-state index contributed by atoms with van der Waals surface area (Å²) in [4.78, 5) is 2.37. The normalized spacial score (nSPS) is 20.8. The van der Waals surface area contributed by atoms with Crippen LogP contribution in [-0.2, 0) is 0 Å². The van der Waals surface area contributed by atoms with Crippen LogP contribution in [0.5, 0.6) is 5.75 Å². The molecule has 0 radical (unpaired) electrons. The molecule has 0 aliphatic carbocycles. The fourth-order valence-electron chi connectivity index (χ4n) is 3.01. The molecule has 1 N–H and O–H groups in total. The third-order valence-corrected chi connectivity index (χ3v) is 4.39. The highest BCUT2D eigenvalue weighted by atomic mass is 16.5. The van der Waals surface area contributed by atoms with Gasteiger partial charge in [0.15, 0.2) is 0 Å². The Morgan fingerprint density at radius 3 is 2.81 bits per heavy atom. The second-order valence-electron chi connectivity index (χ2n) is 5.95. The Labute approximate surface area is 126 Å². The number of hydrogen-bond acceptors (Lipinski definition) is 3. The van der Waals surface area contributed by atoms with E-state index < -0.39 is 0 Å². The van der Waals surface area contributed by atoms with E-state index in [0.717, 1.165) is 31.8 Å². The SMILES string of the molecule is CC(O)C1CCN(CCOc2ccc3ccccc3c2)C1. The Bertz CT molecular complexity index is 597. The van der Waals surface area contributed by atoms with Gasteiger partial charge in [-0.1, -0.05) is 30.3 Å². The van der Waals surface area contributed by atoms with Crippen LogP contribution in [0.4, 0.5) is 0 Å². The van der Waals surface area contributed by atoms with Crippen molar-refractivity contribution in [3.8, 4) is 5.75 Å². The molecule has 3 nitrogen and oxygen atoms in total. The lowest BCUT2D eigenvalue weighted by molar-refractivity contribution is 0.125. The maximum Gasteiger partial charge on any atom is 0.120 e. The van der Waals surface area contributed by atoms with Gasteiger partial charge in [0.25, 0.3) is 0 Å². The average Bonchev–Trinajstić information content (AvgIpc) is 2.96. The molecule has 112 valence electrons. The van der Waals surface area contributed by atoms with Crippen molar-refractivity contribution in [3.05, 3.63) is 42.5 Å². The quantitative estimate of drug-likeness (QED) is 0.917. The summed E-state index contributed by atoms with van der Waals surface area (Å²) in [6.45, 7) is 5.57. The van der Waals surface area contributed by atoms with Gasteiger partial charge in [-0.25, -0.2) is 0 Å². The van der Waals surface area contributed by atoms with Crippen LogP contribution in [0.15, 0.2) is 42.5 Å². The zero-order valence-corrected chi connectivity index (χ0v) is 12.5. The Hall–Kier alpha value is -1.58. The Morgan fingerprint density at radius 1 is 1.24 bits per heavy atom. The summed E-state index contributed by atoms with van der Waals surface area (Å²) in [5.74, 6) is 1.35. The average molecular weight is 285 g/mol. The summed E-state index contributed by atoms with van der Waals surface area (Å²) in [6.07, 6.45) is 0.893. The predicted molar refractivity (Wildman–Crippen MR) is 85.7 cm³/mol. The second-order valence-corrected chi connectivity index (χ2v) is 5.95. The van der Waals surface area contributed by atoms with Crippen molar-refractivity contribution in [1.29, 1.82) is 0 Å². The second kappa shape index (κ2) is 6.46. The minimum Gasteiger partial charge on any atom is -0.492 e. The van der Waals surface area contributed by atoms with Gasteiger partial charge in [-0.15, -0.1) is 0 Å². The molecular formula is C18H23NO2. The van der Waals surface area contributed by atoms with Gasteiger partial charge in [-0.05, 0) is 48.7 Å². The van der Waals surface area contributed by atoms with Crippen LogP contribution in [0.2, 0.25) is 0 Å². The first kappa shape index (κ1) is 14.4. The summed E-state index contributed by atoms with van der Waals surface area (Å²) in [5, 5.41) is 12.1. The van der Waals surface area contributed by atoms with E-state index >= 15 is 0 Å². The van der Waals surface area contributed by atoms with E-state index in [2.05, 4.69) is 35.2 Å². The van der Waals surface area contributed by atoms with Gasteiger partial charge in [0.05, 0.1) is 6.10 Å². The number of aliphatic hydroxyl groups is 1. The third-order valence-electron chi connectivity index (χ3n) is 4.39. The molecule has 3 heteroatoms. The molecule has 0 saturated carbocycles. The summed E-state index contributed by atoms with van der Waals surface area (Å²) in [7, 11) is 0. The Morgan fingerprint density at radius 2 is 2.05 bits per heavy atom. The lowest BCUT2D eigenvalue weighted by Crippen LogP contribution is -2.28. The van der Waals surface area contributed by atoms with Crippen LogP contribution in [-0.4, -0.2) is 42.4 Å². The van der Waals surface area contributed by atoms with Gasteiger partial charge < -0.3 is 9.84 Å². The molecule has 2 atom stereocenters. The largest absolute Gasteiger partial charge is 0.492 e. The molecule has 2 unspecified atom stereocenters. The Kier molecular flexibility index (Phi) is 4.42. The first-order valence-corrected chi connectivity index (χ1v) is 7.74. The standard InChI is InChI=1S/C18H23NO2/c1-14(20)17-8-9-19(13-17)10-11-21-18-7-6-15-4-2-3-5-16(15)12-18/h2-7,12,14,17,20H,8-11,13H2,1H3. The molecule has 1 heterocycles. The van der Waals surface area contributed by atoms with Crippen LogP contribution < -0.4 is 4.74 Å². The van der Waals surface area contributed by atoms with Crippen LogP contribution in [0.3, 0.4) is 0 Å². The van der Waals surface area contributed by atoms with Crippen molar-refractivity contribution >= 4 is 10.8 Å². The molecule has 1 fully saturated rings. The maximum atomic E-state index is 9.62. The highest BCUT2D eigenvalue weighted by molar-refractivity contribution is 5.83. The van der Waals surface area contributed by atoms with Crippen LogP contribution >= 0.6 is 0 Å². The van der Waals surface area contributed by atoms with Crippen LogP contribution in [0, 0.1) is 5.92 Å². The van der Waals surface area contributed by atoms with E-state index in [1.807, 2.05) is 19.1 Å². The summed E-state index contributed by atoms with van der Waals surface area (Å²) in [5.41, 5.74) is 0. The zero-order valence-electron chi connectivity index (χ0n) is 12.5. The zero-order chi connectivity index (χ0) is 14.7. The fraction of sp³-hybridized carbons (Fsp3) is 0.444. The molecule has 0 bridgehead atoms. The number of hydrogen-bond donors (Lipinski definition) is 1. The number of rotatable bonds is 5. The van der Waals surface area contributed by atoms with E-state index in [1.54, 1.807) is 0 Å². The minimum atomic E-state index is -0.198. The lowest BCUT2D eigenvalue weighted by atomic mass is 10.0. The lowest BCUT2D eigenvalue weighted by Gasteiger charge is -2.17. The molecule has 1 saturated heterocycles. The number of benzene rings is 2. The van der Waals surface area contributed by atoms with Gasteiger partial charge in [-0.2, -0.15) is 0 Å². The molecule has 1 aliphatic heterocycles. The number of nitrogens with zero attached hydrogens (tertiary/aromatic N) is 1. The van der Waals surface area contributed by atoms with Gasteiger partial charge in [0.1, 0.15) is 12.4 Å². The van der Waals surface area contributed by atoms with Crippen molar-refractivity contribution in [2.24, 2.45) is 5.92 Å². The van der Waals surface area contributed by atoms with Gasteiger partial charge in [0, 0.05) is 13.1 Å². The molecule has 0 spiro atoms. The molecule has 2 aromatic carbocycles. The summed E-state index contributed by atoms with van der Waals surface area (Å²) >= 11 is 0. The highest BCUT2D eigenvalue weighted by Gasteiger charge is 2.25. The highest BCUT2D eigenvalue weighted by Crippen LogP contribution is 2.21. The Balaban J connectivity index is 1.51. The van der Waals surface area contributed by atoms with E-state index in [9.17, 15) is 5.11 Å². The van der Waals surface area contributed by atoms with Crippen molar-refractivity contribution in [2.75, 3.05) is 26.2 Å². The smallest absolute Gasteiger partial charge is 0.120 e. The van der Waals surface area contributed by atoms with Crippen LogP contribution in [0.1, 0.15) is 13.3 Å². The number of aliphatic hydroxyl groups excluding tert-OH is 1. The van der Waals surface area contributed by atoms with E-state index in [0.29, 0.717) is 12.5 Å². The van der Waals surface area contributed by atoms with Crippen molar-refractivity contribution < 1.29 is 9.84 Å². The molecule has 2 aromatic rings.